The Labute approximate surface area is 141 Å². The maximum Gasteiger partial charge on any atom is 0.232 e. The molecular formula is C17H22N4OS. The number of likely N-dealkylation sites (tertiary alicyclic amines) is 1. The van der Waals surface area contributed by atoms with Crippen LogP contribution in [0.4, 0.5) is 0 Å². The summed E-state index contributed by atoms with van der Waals surface area (Å²) in [6, 6.07) is 5.95. The highest BCUT2D eigenvalue weighted by Gasteiger charge is 2.27. The van der Waals surface area contributed by atoms with E-state index in [0.29, 0.717) is 11.7 Å². The second kappa shape index (κ2) is 7.64. The van der Waals surface area contributed by atoms with Crippen LogP contribution in [0.1, 0.15) is 30.3 Å². The van der Waals surface area contributed by atoms with Gasteiger partial charge >= 0.3 is 0 Å². The monoisotopic (exact) mass is 330 g/mol. The van der Waals surface area contributed by atoms with Crippen molar-refractivity contribution < 1.29 is 4.79 Å². The number of piperidine rings is 1. The molecule has 0 aromatic carbocycles. The Morgan fingerprint density at radius 3 is 3.04 bits per heavy atom. The number of imidazole rings is 1. The lowest BCUT2D eigenvalue weighted by Crippen LogP contribution is -2.40. The Hall–Kier alpha value is -1.82. The van der Waals surface area contributed by atoms with Gasteiger partial charge in [-0.15, -0.1) is 0 Å². The van der Waals surface area contributed by atoms with E-state index in [1.54, 1.807) is 11.8 Å². The van der Waals surface area contributed by atoms with Gasteiger partial charge in [0.15, 0.2) is 0 Å². The van der Waals surface area contributed by atoms with Crippen molar-refractivity contribution in [3.63, 3.8) is 0 Å². The summed E-state index contributed by atoms with van der Waals surface area (Å²) < 4.78 is 2.16. The van der Waals surface area contributed by atoms with Crippen LogP contribution in [0, 0.1) is 0 Å². The Morgan fingerprint density at radius 1 is 1.35 bits per heavy atom. The van der Waals surface area contributed by atoms with E-state index in [2.05, 4.69) is 14.5 Å². The third-order valence-electron chi connectivity index (χ3n) is 4.21. The van der Waals surface area contributed by atoms with Crippen molar-refractivity contribution in [2.75, 3.05) is 25.1 Å². The van der Waals surface area contributed by atoms with Crippen molar-refractivity contribution in [2.45, 2.75) is 25.3 Å². The number of hydrogen-bond acceptors (Lipinski definition) is 4. The van der Waals surface area contributed by atoms with Crippen molar-refractivity contribution in [3.05, 3.63) is 48.3 Å². The molecule has 3 rings (SSSR count). The van der Waals surface area contributed by atoms with Gasteiger partial charge in [0, 0.05) is 37.6 Å². The van der Waals surface area contributed by atoms with Crippen LogP contribution < -0.4 is 0 Å². The number of aromatic nitrogens is 3. The lowest BCUT2D eigenvalue weighted by Gasteiger charge is -2.32. The van der Waals surface area contributed by atoms with Crippen LogP contribution in [0.2, 0.25) is 0 Å². The highest BCUT2D eigenvalue weighted by atomic mass is 32.2. The van der Waals surface area contributed by atoms with E-state index in [0.717, 1.165) is 44.0 Å². The number of amides is 1. The van der Waals surface area contributed by atoms with Crippen molar-refractivity contribution in [1.82, 2.24) is 19.4 Å². The Kier molecular flexibility index (Phi) is 5.33. The maximum atomic E-state index is 12.2. The molecule has 5 nitrogen and oxygen atoms in total. The van der Waals surface area contributed by atoms with Gasteiger partial charge in [-0.05, 0) is 31.2 Å². The minimum Gasteiger partial charge on any atom is -0.341 e. The van der Waals surface area contributed by atoms with Gasteiger partial charge in [0.25, 0.3) is 0 Å². The molecule has 1 amide bonds. The molecule has 2 aromatic heterocycles. The van der Waals surface area contributed by atoms with Gasteiger partial charge in [-0.25, -0.2) is 4.98 Å². The minimum atomic E-state index is 0.241. The van der Waals surface area contributed by atoms with Gasteiger partial charge in [0.2, 0.25) is 5.91 Å². The molecule has 1 fully saturated rings. The number of hydrogen-bond donors (Lipinski definition) is 0. The summed E-state index contributed by atoms with van der Waals surface area (Å²) in [6.07, 6.45) is 9.77. The molecule has 0 N–H and O–H groups in total. The molecule has 0 radical (unpaired) electrons. The second-order valence-corrected chi connectivity index (χ2v) is 6.71. The molecule has 6 heteroatoms. The number of carbonyl (C=O) groups excluding carboxylic acids is 1. The Morgan fingerprint density at radius 2 is 2.26 bits per heavy atom. The molecule has 1 aliphatic heterocycles. The summed E-state index contributed by atoms with van der Waals surface area (Å²) >= 11 is 1.59. The third kappa shape index (κ3) is 3.93. The van der Waals surface area contributed by atoms with Gasteiger partial charge in [-0.1, -0.05) is 6.07 Å². The van der Waals surface area contributed by atoms with Gasteiger partial charge in [0.1, 0.15) is 5.82 Å². The number of nitrogens with zero attached hydrogens (tertiary/aromatic N) is 4. The summed E-state index contributed by atoms with van der Waals surface area (Å²) in [4.78, 5) is 23.1. The molecule has 0 aliphatic carbocycles. The summed E-state index contributed by atoms with van der Waals surface area (Å²) in [5, 5.41) is 0. The van der Waals surface area contributed by atoms with Crippen LogP contribution >= 0.6 is 11.8 Å². The average molecular weight is 330 g/mol. The summed E-state index contributed by atoms with van der Waals surface area (Å²) in [5.41, 5.74) is 1.03. The van der Waals surface area contributed by atoms with Gasteiger partial charge in [-0.3, -0.25) is 9.78 Å². The zero-order chi connectivity index (χ0) is 16.1. The maximum absolute atomic E-state index is 12.2. The number of pyridine rings is 1. The topological polar surface area (TPSA) is 51.0 Å². The first-order valence-corrected chi connectivity index (χ1v) is 9.35. The Balaban J connectivity index is 1.72. The zero-order valence-electron chi connectivity index (χ0n) is 13.4. The minimum absolute atomic E-state index is 0.241. The quantitative estimate of drug-likeness (QED) is 0.845. The molecule has 23 heavy (non-hydrogen) atoms. The zero-order valence-corrected chi connectivity index (χ0v) is 14.2. The smallest absolute Gasteiger partial charge is 0.232 e. The van der Waals surface area contributed by atoms with Crippen molar-refractivity contribution >= 4 is 17.7 Å². The predicted octanol–water partition coefficient (Wildman–Crippen LogP) is 2.40. The van der Waals surface area contributed by atoms with Crippen LogP contribution in [0.3, 0.4) is 0 Å². The molecule has 1 saturated heterocycles. The first-order valence-electron chi connectivity index (χ1n) is 7.95. The predicted molar refractivity (Wildman–Crippen MR) is 92.5 cm³/mol. The van der Waals surface area contributed by atoms with E-state index in [1.807, 2.05) is 47.9 Å². The SMILES string of the molecule is CSCC(=O)N1CCC[C@H](c2nccn2Cc2ccccn2)C1. The molecule has 1 aliphatic rings. The largest absolute Gasteiger partial charge is 0.341 e. The lowest BCUT2D eigenvalue weighted by atomic mass is 9.97. The molecule has 1 atom stereocenters. The highest BCUT2D eigenvalue weighted by Crippen LogP contribution is 2.26. The van der Waals surface area contributed by atoms with E-state index in [-0.39, 0.29) is 5.91 Å². The first kappa shape index (κ1) is 16.1. The van der Waals surface area contributed by atoms with E-state index in [9.17, 15) is 4.79 Å². The fraction of sp³-hybridized carbons (Fsp3) is 0.471. The first-order chi connectivity index (χ1) is 11.3. The van der Waals surface area contributed by atoms with Gasteiger partial charge < -0.3 is 9.47 Å². The van der Waals surface area contributed by atoms with Crippen molar-refractivity contribution in [2.24, 2.45) is 0 Å². The standard InChI is InChI=1S/C17H22N4OS/c1-23-13-16(22)20-9-4-5-14(11-20)17-19-8-10-21(17)12-15-6-2-3-7-18-15/h2-3,6-8,10,14H,4-5,9,11-13H2,1H3/t14-/m0/s1. The lowest BCUT2D eigenvalue weighted by molar-refractivity contribution is -0.129. The average Bonchev–Trinajstić information content (AvgIpc) is 3.04. The van der Waals surface area contributed by atoms with E-state index in [1.165, 1.54) is 0 Å². The molecule has 0 saturated carbocycles. The highest BCUT2D eigenvalue weighted by molar-refractivity contribution is 7.99. The van der Waals surface area contributed by atoms with Crippen molar-refractivity contribution in [3.8, 4) is 0 Å². The normalized spacial score (nSPS) is 18.1. The number of rotatable bonds is 5. The second-order valence-electron chi connectivity index (χ2n) is 5.85. The van der Waals surface area contributed by atoms with E-state index >= 15 is 0 Å². The van der Waals surface area contributed by atoms with Crippen LogP contribution in [0.5, 0.6) is 0 Å². The molecule has 0 bridgehead atoms. The number of thioether (sulfide) groups is 1. The van der Waals surface area contributed by atoms with Gasteiger partial charge in [0.05, 0.1) is 18.0 Å². The van der Waals surface area contributed by atoms with E-state index in [4.69, 9.17) is 0 Å². The van der Waals surface area contributed by atoms with Crippen molar-refractivity contribution in [1.29, 1.82) is 0 Å². The van der Waals surface area contributed by atoms with Crippen LogP contribution in [-0.4, -0.2) is 50.4 Å². The van der Waals surface area contributed by atoms with Crippen LogP contribution in [0.25, 0.3) is 0 Å². The molecule has 0 spiro atoms. The summed E-state index contributed by atoms with van der Waals surface area (Å²) in [6.45, 7) is 2.38. The van der Waals surface area contributed by atoms with Gasteiger partial charge in [-0.2, -0.15) is 11.8 Å². The fourth-order valence-electron chi connectivity index (χ4n) is 3.11. The number of carbonyl (C=O) groups is 1. The molecular weight excluding hydrogens is 308 g/mol. The fourth-order valence-corrected chi connectivity index (χ4v) is 3.54. The molecule has 3 heterocycles. The van der Waals surface area contributed by atoms with E-state index < -0.39 is 0 Å². The molecule has 122 valence electrons. The van der Waals surface area contributed by atoms with Crippen LogP contribution in [-0.2, 0) is 11.3 Å². The molecule has 2 aromatic rings. The third-order valence-corrected chi connectivity index (χ3v) is 4.75. The summed E-state index contributed by atoms with van der Waals surface area (Å²) in [5.74, 6) is 2.19. The molecule has 0 unspecified atom stereocenters. The summed E-state index contributed by atoms with van der Waals surface area (Å²) in [7, 11) is 0. The van der Waals surface area contributed by atoms with Crippen LogP contribution in [0.15, 0.2) is 36.8 Å². The Bertz CT molecular complexity index is 643.